The molecule has 0 aliphatic heterocycles. The molecule has 0 unspecified atom stereocenters. The molecule has 0 aliphatic rings. The van der Waals surface area contributed by atoms with Crippen LogP contribution in [0.2, 0.25) is 0 Å². The smallest absolute Gasteiger partial charge is 0.164 e. The van der Waals surface area contributed by atoms with E-state index in [1.165, 1.54) is 54.1 Å². The van der Waals surface area contributed by atoms with Crippen LogP contribution in [0.1, 0.15) is 0 Å². The van der Waals surface area contributed by atoms with Crippen LogP contribution in [-0.4, -0.2) is 19.5 Å². The molecule has 0 amide bonds. The first-order valence-corrected chi connectivity index (χ1v) is 19.4. The van der Waals surface area contributed by atoms with Crippen LogP contribution in [0.25, 0.3) is 116 Å². The van der Waals surface area contributed by atoms with Gasteiger partial charge in [-0.15, -0.1) is 0 Å². The first kappa shape index (κ1) is 31.6. The lowest BCUT2D eigenvalue weighted by atomic mass is 10.00. The fourth-order valence-electron chi connectivity index (χ4n) is 8.90. The molecule has 12 aromatic rings. The molecule has 0 saturated carbocycles. The Bertz CT molecular complexity index is 3410. The van der Waals surface area contributed by atoms with Crippen molar-refractivity contribution in [2.24, 2.45) is 0 Å². The van der Waals surface area contributed by atoms with Gasteiger partial charge in [-0.05, 0) is 78.8 Å². The van der Waals surface area contributed by atoms with Crippen molar-refractivity contribution < 1.29 is 0 Å². The van der Waals surface area contributed by atoms with E-state index >= 15 is 0 Å². The van der Waals surface area contributed by atoms with Gasteiger partial charge in [0.2, 0.25) is 0 Å². The molecule has 2 heterocycles. The van der Waals surface area contributed by atoms with Gasteiger partial charge >= 0.3 is 0 Å². The minimum absolute atomic E-state index is 0.637. The second-order valence-electron chi connectivity index (χ2n) is 14.8. The molecule has 0 radical (unpaired) electrons. The Balaban J connectivity index is 1.12. The molecule has 12 rings (SSSR count). The lowest BCUT2D eigenvalue weighted by Crippen LogP contribution is -2.01. The average molecular weight is 725 g/mol. The molecule has 2 aromatic heterocycles. The highest BCUT2D eigenvalue weighted by Crippen LogP contribution is 2.42. The summed E-state index contributed by atoms with van der Waals surface area (Å²) < 4.78 is 2.45. The van der Waals surface area contributed by atoms with Crippen LogP contribution in [0.15, 0.2) is 194 Å². The van der Waals surface area contributed by atoms with Crippen LogP contribution in [0.5, 0.6) is 0 Å². The third kappa shape index (κ3) is 4.98. The zero-order chi connectivity index (χ0) is 37.5. The molecule has 57 heavy (non-hydrogen) atoms. The van der Waals surface area contributed by atoms with Crippen LogP contribution in [0.4, 0.5) is 0 Å². The Morgan fingerprint density at radius 3 is 1.32 bits per heavy atom. The van der Waals surface area contributed by atoms with E-state index in [1.54, 1.807) is 0 Å². The molecule has 0 fully saturated rings. The van der Waals surface area contributed by atoms with E-state index in [0.717, 1.165) is 43.9 Å². The van der Waals surface area contributed by atoms with E-state index in [2.05, 4.69) is 199 Å². The summed E-state index contributed by atoms with van der Waals surface area (Å²) in [5, 5.41) is 14.4. The van der Waals surface area contributed by atoms with Gasteiger partial charge in [0.1, 0.15) is 0 Å². The van der Waals surface area contributed by atoms with E-state index in [4.69, 9.17) is 15.0 Å². The molecule has 0 spiro atoms. The maximum absolute atomic E-state index is 5.25. The van der Waals surface area contributed by atoms with Crippen LogP contribution in [-0.2, 0) is 0 Å². The van der Waals surface area contributed by atoms with Gasteiger partial charge in [-0.1, -0.05) is 164 Å². The molecular weight excluding hydrogens is 693 g/mol. The fourth-order valence-corrected chi connectivity index (χ4v) is 8.90. The number of aromatic nitrogens is 4. The lowest BCUT2D eigenvalue weighted by Gasteiger charge is -2.15. The number of hydrogen-bond donors (Lipinski definition) is 0. The minimum atomic E-state index is 0.637. The van der Waals surface area contributed by atoms with Crippen LogP contribution < -0.4 is 0 Å². The quantitative estimate of drug-likeness (QED) is 0.181. The number of nitrogens with zero attached hydrogens (tertiary/aromatic N) is 4. The predicted molar refractivity (Wildman–Crippen MR) is 238 cm³/mol. The monoisotopic (exact) mass is 724 g/mol. The second-order valence-corrected chi connectivity index (χ2v) is 14.8. The SMILES string of the molecule is c1ccc2cc(-c3nc(-c4ccc5ccccc5c4)nc(-c4cccc5c(-n6c7ccc8ccccc8c7c7c8ccccc8ccc76)cccc45)n3)ccc2c1. The summed E-state index contributed by atoms with van der Waals surface area (Å²) in [6.45, 7) is 0. The second kappa shape index (κ2) is 12.4. The van der Waals surface area contributed by atoms with Crippen molar-refractivity contribution in [3.63, 3.8) is 0 Å². The van der Waals surface area contributed by atoms with E-state index < -0.39 is 0 Å². The fraction of sp³-hybridized carbons (Fsp3) is 0. The number of hydrogen-bond acceptors (Lipinski definition) is 3. The minimum Gasteiger partial charge on any atom is -0.309 e. The van der Waals surface area contributed by atoms with E-state index in [0.29, 0.717) is 17.5 Å². The maximum Gasteiger partial charge on any atom is 0.164 e. The van der Waals surface area contributed by atoms with Crippen molar-refractivity contribution >= 4 is 75.7 Å². The predicted octanol–water partition coefficient (Wildman–Crippen LogP) is 13.7. The van der Waals surface area contributed by atoms with Crippen molar-refractivity contribution in [3.8, 4) is 39.9 Å². The highest BCUT2D eigenvalue weighted by molar-refractivity contribution is 6.28. The molecule has 264 valence electrons. The molecule has 0 aliphatic carbocycles. The topological polar surface area (TPSA) is 43.6 Å². The zero-order valence-electron chi connectivity index (χ0n) is 30.8. The average Bonchev–Trinajstić information content (AvgIpc) is 3.63. The Kier molecular flexibility index (Phi) is 6.89. The lowest BCUT2D eigenvalue weighted by molar-refractivity contribution is 1.08. The summed E-state index contributed by atoms with van der Waals surface area (Å²) in [6, 6.07) is 69.3. The molecule has 0 saturated heterocycles. The molecule has 4 nitrogen and oxygen atoms in total. The molecular formula is C53H32N4. The van der Waals surface area contributed by atoms with E-state index in [1.807, 2.05) is 0 Å². The molecule has 10 aromatic carbocycles. The highest BCUT2D eigenvalue weighted by atomic mass is 15.0. The Morgan fingerprint density at radius 1 is 0.298 bits per heavy atom. The highest BCUT2D eigenvalue weighted by Gasteiger charge is 2.20. The number of benzene rings is 10. The van der Waals surface area contributed by atoms with Crippen molar-refractivity contribution in [1.29, 1.82) is 0 Å². The number of fused-ring (bicyclic) bond motifs is 10. The van der Waals surface area contributed by atoms with Gasteiger partial charge in [0.05, 0.1) is 16.7 Å². The van der Waals surface area contributed by atoms with Crippen LogP contribution in [0, 0.1) is 0 Å². The molecule has 4 heteroatoms. The van der Waals surface area contributed by atoms with Gasteiger partial charge in [-0.3, -0.25) is 0 Å². The maximum atomic E-state index is 5.25. The zero-order valence-corrected chi connectivity index (χ0v) is 30.8. The number of rotatable bonds is 4. The van der Waals surface area contributed by atoms with Crippen LogP contribution >= 0.6 is 0 Å². The summed E-state index contributed by atoms with van der Waals surface area (Å²) >= 11 is 0. The van der Waals surface area contributed by atoms with Crippen molar-refractivity contribution in [2.45, 2.75) is 0 Å². The Labute approximate surface area is 328 Å². The Hall–Kier alpha value is -7.69. The molecule has 0 N–H and O–H groups in total. The van der Waals surface area contributed by atoms with Gasteiger partial charge in [0.25, 0.3) is 0 Å². The van der Waals surface area contributed by atoms with Crippen molar-refractivity contribution in [1.82, 2.24) is 19.5 Å². The summed E-state index contributed by atoms with van der Waals surface area (Å²) in [5.74, 6) is 1.92. The van der Waals surface area contributed by atoms with Gasteiger partial charge in [-0.2, -0.15) is 0 Å². The first-order chi connectivity index (χ1) is 28.2. The third-order valence-electron chi connectivity index (χ3n) is 11.6. The normalized spacial score (nSPS) is 11.9. The standard InChI is InChI=1S/C53H32N4/c1-3-15-37-31-39(25-23-33(37)11-1)51-54-52(40-26-24-34-12-2-4-16-38(34)32-40)56-53(55-51)45-21-9-20-44-43(45)19-10-22-46(44)57-47-29-27-35-13-5-7-17-41(35)49(47)50-42-18-8-6-14-36(42)28-30-48(50)57/h1-32H. The summed E-state index contributed by atoms with van der Waals surface area (Å²) in [4.78, 5) is 15.6. The summed E-state index contributed by atoms with van der Waals surface area (Å²) in [6.07, 6.45) is 0. The molecule has 0 atom stereocenters. The van der Waals surface area contributed by atoms with Gasteiger partial charge in [-0.25, -0.2) is 15.0 Å². The van der Waals surface area contributed by atoms with Crippen molar-refractivity contribution in [3.05, 3.63) is 194 Å². The van der Waals surface area contributed by atoms with Gasteiger partial charge in [0.15, 0.2) is 17.5 Å². The van der Waals surface area contributed by atoms with Gasteiger partial charge < -0.3 is 4.57 Å². The summed E-state index contributed by atoms with van der Waals surface area (Å²) in [7, 11) is 0. The Morgan fingerprint density at radius 2 is 0.737 bits per heavy atom. The van der Waals surface area contributed by atoms with Crippen molar-refractivity contribution in [2.75, 3.05) is 0 Å². The largest absolute Gasteiger partial charge is 0.309 e. The van der Waals surface area contributed by atoms with E-state index in [9.17, 15) is 0 Å². The van der Waals surface area contributed by atoms with Gasteiger partial charge in [0, 0.05) is 32.8 Å². The van der Waals surface area contributed by atoms with Crippen LogP contribution in [0.3, 0.4) is 0 Å². The third-order valence-corrected chi connectivity index (χ3v) is 11.6. The molecule has 0 bridgehead atoms. The summed E-state index contributed by atoms with van der Waals surface area (Å²) in [5.41, 5.74) is 6.32. The first-order valence-electron chi connectivity index (χ1n) is 19.4. The van der Waals surface area contributed by atoms with E-state index in [-0.39, 0.29) is 0 Å².